The van der Waals surface area contributed by atoms with Crippen molar-refractivity contribution in [2.45, 2.75) is 0 Å². The molecule has 1 heterocycles. The molecule has 0 radical (unpaired) electrons. The fraction of sp³-hybridized carbons (Fsp3) is 0.235. The van der Waals surface area contributed by atoms with Gasteiger partial charge in [-0.05, 0) is 6.07 Å². The van der Waals surface area contributed by atoms with Crippen molar-refractivity contribution in [3.05, 3.63) is 68.7 Å². The van der Waals surface area contributed by atoms with Crippen LogP contribution in [-0.4, -0.2) is 37.0 Å². The molecule has 0 bridgehead atoms. The van der Waals surface area contributed by atoms with Gasteiger partial charge in [-0.2, -0.15) is 0 Å². The highest BCUT2D eigenvalue weighted by molar-refractivity contribution is 6.32. The maximum atomic E-state index is 12.9. The summed E-state index contributed by atoms with van der Waals surface area (Å²) in [6.07, 6.45) is 0. The van der Waals surface area contributed by atoms with E-state index in [4.69, 9.17) is 16.3 Å². The van der Waals surface area contributed by atoms with Crippen LogP contribution in [0.15, 0.2) is 42.5 Å². The molecular formula is C17H15ClN2O4. The number of hydrogen-bond donors (Lipinski definition) is 0. The number of ketones is 1. The number of anilines is 1. The summed E-state index contributed by atoms with van der Waals surface area (Å²) < 4.78 is 5.31. The molecule has 0 atom stereocenters. The van der Waals surface area contributed by atoms with Crippen LogP contribution in [0.4, 0.5) is 11.4 Å². The molecule has 0 aliphatic carbocycles. The summed E-state index contributed by atoms with van der Waals surface area (Å²) in [5, 5.41) is 11.7. The summed E-state index contributed by atoms with van der Waals surface area (Å²) in [6, 6.07) is 11.4. The molecule has 0 spiro atoms. The van der Waals surface area contributed by atoms with E-state index in [1.807, 2.05) is 4.90 Å². The van der Waals surface area contributed by atoms with Gasteiger partial charge < -0.3 is 9.64 Å². The summed E-state index contributed by atoms with van der Waals surface area (Å²) in [6.45, 7) is 1.88. The summed E-state index contributed by atoms with van der Waals surface area (Å²) in [5.74, 6) is -0.289. The van der Waals surface area contributed by atoms with Gasteiger partial charge in [-0.15, -0.1) is 0 Å². The van der Waals surface area contributed by atoms with E-state index in [9.17, 15) is 14.9 Å². The van der Waals surface area contributed by atoms with Crippen LogP contribution >= 0.6 is 11.6 Å². The normalized spacial score (nSPS) is 14.5. The molecule has 6 nitrogen and oxygen atoms in total. The standard InChI is InChI=1S/C17H15ClN2O4/c18-13-10-14(17(21)12-4-2-1-3-5-12)16(15(11-13)20(22)23)19-6-8-24-9-7-19/h1-5,10-11H,6-9H2. The van der Waals surface area contributed by atoms with Crippen molar-refractivity contribution in [2.75, 3.05) is 31.2 Å². The lowest BCUT2D eigenvalue weighted by molar-refractivity contribution is -0.384. The van der Waals surface area contributed by atoms with E-state index in [0.29, 0.717) is 37.6 Å². The quantitative estimate of drug-likeness (QED) is 0.482. The third kappa shape index (κ3) is 3.25. The van der Waals surface area contributed by atoms with E-state index in [2.05, 4.69) is 0 Å². The topological polar surface area (TPSA) is 72.7 Å². The van der Waals surface area contributed by atoms with Gasteiger partial charge in [0.05, 0.1) is 23.7 Å². The second-order valence-electron chi connectivity index (χ2n) is 5.37. The molecule has 0 N–H and O–H groups in total. The molecule has 3 rings (SSSR count). The molecule has 124 valence electrons. The number of ether oxygens (including phenoxy) is 1. The Morgan fingerprint density at radius 1 is 1.17 bits per heavy atom. The fourth-order valence-corrected chi connectivity index (χ4v) is 2.97. The fourth-order valence-electron chi connectivity index (χ4n) is 2.76. The second-order valence-corrected chi connectivity index (χ2v) is 5.81. The van der Waals surface area contributed by atoms with Gasteiger partial charge >= 0.3 is 0 Å². The van der Waals surface area contributed by atoms with Crippen molar-refractivity contribution in [3.63, 3.8) is 0 Å². The van der Waals surface area contributed by atoms with Gasteiger partial charge in [-0.3, -0.25) is 14.9 Å². The van der Waals surface area contributed by atoms with E-state index < -0.39 is 4.92 Å². The average Bonchev–Trinajstić information content (AvgIpc) is 2.61. The van der Waals surface area contributed by atoms with Crippen molar-refractivity contribution < 1.29 is 14.5 Å². The largest absolute Gasteiger partial charge is 0.378 e. The van der Waals surface area contributed by atoms with E-state index in [1.54, 1.807) is 30.3 Å². The van der Waals surface area contributed by atoms with Crippen LogP contribution in [0.2, 0.25) is 5.02 Å². The highest BCUT2D eigenvalue weighted by atomic mass is 35.5. The van der Waals surface area contributed by atoms with Crippen molar-refractivity contribution in [2.24, 2.45) is 0 Å². The number of halogens is 1. The number of rotatable bonds is 4. The Morgan fingerprint density at radius 2 is 1.83 bits per heavy atom. The molecule has 0 unspecified atom stereocenters. The number of benzene rings is 2. The minimum absolute atomic E-state index is 0.163. The van der Waals surface area contributed by atoms with Crippen LogP contribution in [0.5, 0.6) is 0 Å². The van der Waals surface area contributed by atoms with Crippen molar-refractivity contribution in [3.8, 4) is 0 Å². The number of hydrogen-bond acceptors (Lipinski definition) is 5. The Balaban J connectivity index is 2.16. The van der Waals surface area contributed by atoms with Gasteiger partial charge in [-0.25, -0.2) is 0 Å². The first-order valence-corrected chi connectivity index (χ1v) is 7.86. The molecule has 2 aromatic carbocycles. The summed E-state index contributed by atoms with van der Waals surface area (Å²) in [7, 11) is 0. The van der Waals surface area contributed by atoms with Crippen LogP contribution in [0.1, 0.15) is 15.9 Å². The minimum Gasteiger partial charge on any atom is -0.378 e. The molecule has 1 aliphatic rings. The third-order valence-electron chi connectivity index (χ3n) is 3.86. The minimum atomic E-state index is -0.502. The number of nitro groups is 1. The predicted octanol–water partition coefficient (Wildman–Crippen LogP) is 3.32. The average molecular weight is 347 g/mol. The molecule has 24 heavy (non-hydrogen) atoms. The van der Waals surface area contributed by atoms with Crippen LogP contribution in [0.25, 0.3) is 0 Å². The summed E-state index contributed by atoms with van der Waals surface area (Å²) in [5.41, 5.74) is 0.844. The molecule has 0 saturated carbocycles. The van der Waals surface area contributed by atoms with E-state index in [1.165, 1.54) is 12.1 Å². The Labute approximate surface area is 143 Å². The number of nitrogens with zero attached hydrogens (tertiary/aromatic N) is 2. The highest BCUT2D eigenvalue weighted by Gasteiger charge is 2.29. The van der Waals surface area contributed by atoms with Crippen LogP contribution in [0.3, 0.4) is 0 Å². The Bertz CT molecular complexity index is 774. The first-order valence-electron chi connectivity index (χ1n) is 7.48. The molecule has 0 aromatic heterocycles. The molecule has 2 aromatic rings. The lowest BCUT2D eigenvalue weighted by Crippen LogP contribution is -2.37. The SMILES string of the molecule is O=C(c1ccccc1)c1cc(Cl)cc([N+](=O)[O-])c1N1CCOCC1. The maximum Gasteiger partial charge on any atom is 0.294 e. The zero-order valence-electron chi connectivity index (χ0n) is 12.8. The molecular weight excluding hydrogens is 332 g/mol. The van der Waals surface area contributed by atoms with Crippen molar-refractivity contribution in [1.29, 1.82) is 0 Å². The number of carbonyl (C=O) groups excluding carboxylic acids is 1. The van der Waals surface area contributed by atoms with E-state index in [-0.39, 0.29) is 22.1 Å². The van der Waals surface area contributed by atoms with Gasteiger partial charge in [0.1, 0.15) is 5.69 Å². The van der Waals surface area contributed by atoms with Gasteiger partial charge in [0.15, 0.2) is 5.78 Å². The van der Waals surface area contributed by atoms with Crippen molar-refractivity contribution >= 4 is 28.8 Å². The first kappa shape index (κ1) is 16.4. The molecule has 1 saturated heterocycles. The van der Waals surface area contributed by atoms with E-state index in [0.717, 1.165) is 0 Å². The zero-order chi connectivity index (χ0) is 17.1. The lowest BCUT2D eigenvalue weighted by atomic mass is 9.99. The van der Waals surface area contributed by atoms with Gasteiger partial charge in [0.2, 0.25) is 0 Å². The van der Waals surface area contributed by atoms with Crippen LogP contribution in [0, 0.1) is 10.1 Å². The van der Waals surface area contributed by atoms with Gasteiger partial charge in [0.25, 0.3) is 5.69 Å². The summed E-state index contributed by atoms with van der Waals surface area (Å²) in [4.78, 5) is 25.7. The first-order chi connectivity index (χ1) is 11.6. The smallest absolute Gasteiger partial charge is 0.294 e. The number of morpholine rings is 1. The second kappa shape index (κ2) is 6.98. The van der Waals surface area contributed by atoms with Crippen molar-refractivity contribution in [1.82, 2.24) is 0 Å². The van der Waals surface area contributed by atoms with Crippen LogP contribution < -0.4 is 4.90 Å². The maximum absolute atomic E-state index is 12.9. The lowest BCUT2D eigenvalue weighted by Gasteiger charge is -2.30. The Kier molecular flexibility index (Phi) is 4.78. The Morgan fingerprint density at radius 3 is 2.46 bits per heavy atom. The third-order valence-corrected chi connectivity index (χ3v) is 4.08. The Hall–Kier alpha value is -2.44. The zero-order valence-corrected chi connectivity index (χ0v) is 13.5. The highest BCUT2D eigenvalue weighted by Crippen LogP contribution is 2.37. The molecule has 0 amide bonds. The van der Waals surface area contributed by atoms with Gasteiger partial charge in [0, 0.05) is 29.7 Å². The predicted molar refractivity (Wildman–Crippen MR) is 91.0 cm³/mol. The number of carbonyl (C=O) groups is 1. The number of nitro benzene ring substituents is 1. The summed E-state index contributed by atoms with van der Waals surface area (Å²) >= 11 is 6.04. The molecule has 1 fully saturated rings. The van der Waals surface area contributed by atoms with Crippen LogP contribution in [-0.2, 0) is 4.74 Å². The van der Waals surface area contributed by atoms with Gasteiger partial charge in [-0.1, -0.05) is 41.9 Å². The van der Waals surface area contributed by atoms with E-state index >= 15 is 0 Å². The molecule has 7 heteroatoms. The molecule has 1 aliphatic heterocycles. The monoisotopic (exact) mass is 346 g/mol.